The molecule has 1 heterocycles. The Morgan fingerprint density at radius 3 is 2.55 bits per heavy atom. The first-order valence-electron chi connectivity index (χ1n) is 9.05. The van der Waals surface area contributed by atoms with Crippen LogP contribution in [0.3, 0.4) is 0 Å². The number of hydrogen-bond acceptors (Lipinski definition) is 3. The van der Waals surface area contributed by atoms with E-state index in [0.29, 0.717) is 0 Å². The molecule has 3 aromatic rings. The topological polar surface area (TPSA) is 111 Å². The van der Waals surface area contributed by atoms with Gasteiger partial charge in [-0.3, -0.25) is 14.4 Å². The summed E-state index contributed by atoms with van der Waals surface area (Å²) in [6.45, 7) is -0.0273. The first-order valence-corrected chi connectivity index (χ1v) is 9.43. The monoisotopic (exact) mass is 413 g/mol. The summed E-state index contributed by atoms with van der Waals surface area (Å²) in [6.07, 6.45) is 1.83. The average Bonchev–Trinajstić information content (AvgIpc) is 3.10. The summed E-state index contributed by atoms with van der Waals surface area (Å²) in [5, 5.41) is 15.3. The van der Waals surface area contributed by atoms with Gasteiger partial charge in [0.1, 0.15) is 6.04 Å². The van der Waals surface area contributed by atoms with Crippen molar-refractivity contribution in [1.29, 1.82) is 0 Å². The molecular weight excluding hydrogens is 394 g/mol. The molecule has 2 amide bonds. The number of carbonyl (C=O) groups excluding carboxylic acids is 2. The van der Waals surface area contributed by atoms with Crippen LogP contribution in [0.4, 0.5) is 0 Å². The van der Waals surface area contributed by atoms with Gasteiger partial charge in [0.2, 0.25) is 5.91 Å². The average molecular weight is 414 g/mol. The van der Waals surface area contributed by atoms with Crippen LogP contribution in [0.25, 0.3) is 10.9 Å². The van der Waals surface area contributed by atoms with Gasteiger partial charge >= 0.3 is 5.97 Å². The van der Waals surface area contributed by atoms with Gasteiger partial charge in [-0.2, -0.15) is 0 Å². The number of carboxylic acids is 1. The van der Waals surface area contributed by atoms with Crippen molar-refractivity contribution in [2.45, 2.75) is 18.9 Å². The molecule has 0 bridgehead atoms. The molecule has 1 aromatic heterocycles. The van der Waals surface area contributed by atoms with E-state index in [0.717, 1.165) is 16.5 Å². The third kappa shape index (κ3) is 5.14. The van der Waals surface area contributed by atoms with Crippen molar-refractivity contribution in [2.24, 2.45) is 0 Å². The van der Waals surface area contributed by atoms with E-state index in [9.17, 15) is 14.4 Å². The number of carboxylic acid groups (broad SMARTS) is 1. The highest BCUT2D eigenvalue weighted by Crippen LogP contribution is 2.20. The Bertz CT molecular complexity index is 1050. The summed E-state index contributed by atoms with van der Waals surface area (Å²) < 4.78 is 0. The molecule has 4 N–H and O–H groups in total. The zero-order chi connectivity index (χ0) is 20.8. The Balaban J connectivity index is 1.81. The number of H-pyrrole nitrogens is 1. The lowest BCUT2D eigenvalue weighted by Crippen LogP contribution is -2.48. The molecule has 0 radical (unpaired) electrons. The van der Waals surface area contributed by atoms with Gasteiger partial charge in [0.25, 0.3) is 5.91 Å². The van der Waals surface area contributed by atoms with Crippen LogP contribution in [0.1, 0.15) is 22.3 Å². The van der Waals surface area contributed by atoms with E-state index in [4.69, 9.17) is 16.7 Å². The van der Waals surface area contributed by atoms with Crippen molar-refractivity contribution in [1.82, 2.24) is 15.6 Å². The van der Waals surface area contributed by atoms with Crippen molar-refractivity contribution in [3.8, 4) is 0 Å². The van der Waals surface area contributed by atoms with E-state index in [2.05, 4.69) is 15.6 Å². The molecule has 3 rings (SSSR count). The zero-order valence-electron chi connectivity index (χ0n) is 15.4. The van der Waals surface area contributed by atoms with Crippen molar-refractivity contribution in [3.05, 3.63) is 70.9 Å². The van der Waals surface area contributed by atoms with Gasteiger partial charge in [0.05, 0.1) is 17.0 Å². The number of halogens is 1. The molecule has 0 aliphatic carbocycles. The lowest BCUT2D eigenvalue weighted by molar-refractivity contribution is -0.137. The van der Waals surface area contributed by atoms with Crippen molar-refractivity contribution < 1.29 is 19.5 Å². The van der Waals surface area contributed by atoms with E-state index in [-0.39, 0.29) is 30.0 Å². The maximum absolute atomic E-state index is 12.7. The number of nitrogens with one attached hydrogen (secondary N) is 3. The van der Waals surface area contributed by atoms with Crippen LogP contribution >= 0.6 is 11.6 Å². The Hall–Kier alpha value is -3.32. The number of aliphatic carboxylic acids is 1. The molecule has 0 saturated heterocycles. The van der Waals surface area contributed by atoms with Crippen LogP contribution in [-0.4, -0.2) is 40.5 Å². The highest BCUT2D eigenvalue weighted by Gasteiger charge is 2.24. The number of aromatic nitrogens is 1. The highest BCUT2D eigenvalue weighted by molar-refractivity contribution is 6.33. The molecular formula is C21H20ClN3O4. The summed E-state index contributed by atoms with van der Waals surface area (Å²) in [5.74, 6) is -1.95. The summed E-state index contributed by atoms with van der Waals surface area (Å²) in [6, 6.07) is 13.3. The van der Waals surface area contributed by atoms with Gasteiger partial charge < -0.3 is 20.7 Å². The molecule has 0 aliphatic rings. The Labute approximate surface area is 172 Å². The van der Waals surface area contributed by atoms with E-state index in [1.54, 1.807) is 30.5 Å². The van der Waals surface area contributed by atoms with Crippen LogP contribution in [0.15, 0.2) is 54.7 Å². The van der Waals surface area contributed by atoms with Gasteiger partial charge in [-0.1, -0.05) is 41.9 Å². The largest absolute Gasteiger partial charge is 0.481 e. The lowest BCUT2D eigenvalue weighted by Gasteiger charge is -2.18. The van der Waals surface area contributed by atoms with Crippen molar-refractivity contribution in [3.63, 3.8) is 0 Å². The van der Waals surface area contributed by atoms with Crippen LogP contribution < -0.4 is 10.6 Å². The number of rotatable bonds is 8. The Kier molecular flexibility index (Phi) is 6.51. The number of amides is 2. The van der Waals surface area contributed by atoms with Crippen LogP contribution in [0.2, 0.25) is 5.02 Å². The SMILES string of the molecule is O=C(O)CCNC(=O)C(Cc1c[nH]c2ccccc12)NC(=O)c1ccccc1Cl. The summed E-state index contributed by atoms with van der Waals surface area (Å²) in [7, 11) is 0. The predicted molar refractivity (Wildman–Crippen MR) is 110 cm³/mol. The highest BCUT2D eigenvalue weighted by atomic mass is 35.5. The Morgan fingerprint density at radius 2 is 1.79 bits per heavy atom. The molecule has 0 saturated carbocycles. The lowest BCUT2D eigenvalue weighted by atomic mass is 10.0. The van der Waals surface area contributed by atoms with Gasteiger partial charge in [-0.05, 0) is 23.8 Å². The maximum Gasteiger partial charge on any atom is 0.305 e. The minimum Gasteiger partial charge on any atom is -0.481 e. The second kappa shape index (κ2) is 9.25. The summed E-state index contributed by atoms with van der Waals surface area (Å²) >= 11 is 6.09. The smallest absolute Gasteiger partial charge is 0.305 e. The van der Waals surface area contributed by atoms with E-state index >= 15 is 0 Å². The van der Waals surface area contributed by atoms with Gasteiger partial charge in [0, 0.05) is 30.1 Å². The quantitative estimate of drug-likeness (QED) is 0.455. The second-order valence-electron chi connectivity index (χ2n) is 6.50. The maximum atomic E-state index is 12.7. The molecule has 1 unspecified atom stereocenters. The third-order valence-electron chi connectivity index (χ3n) is 4.48. The number of hydrogen-bond donors (Lipinski definition) is 4. The van der Waals surface area contributed by atoms with Gasteiger partial charge in [-0.15, -0.1) is 0 Å². The molecule has 2 aromatic carbocycles. The number of para-hydroxylation sites is 1. The molecule has 7 nitrogen and oxygen atoms in total. The zero-order valence-corrected chi connectivity index (χ0v) is 16.2. The van der Waals surface area contributed by atoms with E-state index in [1.807, 2.05) is 24.3 Å². The van der Waals surface area contributed by atoms with E-state index < -0.39 is 23.8 Å². The molecule has 0 aliphatic heterocycles. The number of benzene rings is 2. The number of aromatic amines is 1. The van der Waals surface area contributed by atoms with E-state index in [1.165, 1.54) is 0 Å². The minimum absolute atomic E-state index is 0.0273. The summed E-state index contributed by atoms with van der Waals surface area (Å²) in [5.41, 5.74) is 2.04. The number of carbonyl (C=O) groups is 3. The fraction of sp³-hybridized carbons (Fsp3) is 0.190. The normalized spacial score (nSPS) is 11.8. The molecule has 1 atom stereocenters. The standard InChI is InChI=1S/C21H20ClN3O4/c22-16-7-3-1-6-15(16)20(28)25-18(21(29)23-10-9-19(26)27)11-13-12-24-17-8-4-2-5-14(13)17/h1-8,12,18,24H,9-11H2,(H,23,29)(H,25,28)(H,26,27). The first kappa shape index (κ1) is 20.4. The van der Waals surface area contributed by atoms with Crippen LogP contribution in [0.5, 0.6) is 0 Å². The molecule has 0 spiro atoms. The fourth-order valence-electron chi connectivity index (χ4n) is 3.03. The van der Waals surface area contributed by atoms with Crippen molar-refractivity contribution >= 4 is 40.3 Å². The Morgan fingerprint density at radius 1 is 1.07 bits per heavy atom. The first-order chi connectivity index (χ1) is 14.0. The summed E-state index contributed by atoms with van der Waals surface area (Å²) in [4.78, 5) is 39.2. The number of fused-ring (bicyclic) bond motifs is 1. The van der Waals surface area contributed by atoms with Gasteiger partial charge in [-0.25, -0.2) is 0 Å². The van der Waals surface area contributed by atoms with Gasteiger partial charge in [0.15, 0.2) is 0 Å². The second-order valence-corrected chi connectivity index (χ2v) is 6.91. The molecule has 150 valence electrons. The molecule has 29 heavy (non-hydrogen) atoms. The minimum atomic E-state index is -1.02. The molecule has 0 fully saturated rings. The van der Waals surface area contributed by atoms with Crippen molar-refractivity contribution in [2.75, 3.05) is 6.54 Å². The fourth-order valence-corrected chi connectivity index (χ4v) is 3.25. The predicted octanol–water partition coefficient (Wildman–Crippen LogP) is 2.75. The van der Waals surface area contributed by atoms with Crippen LogP contribution in [0, 0.1) is 0 Å². The third-order valence-corrected chi connectivity index (χ3v) is 4.81. The molecule has 8 heteroatoms. The van der Waals surface area contributed by atoms with Crippen LogP contribution in [-0.2, 0) is 16.0 Å².